The first-order valence-corrected chi connectivity index (χ1v) is 9.17. The fourth-order valence-corrected chi connectivity index (χ4v) is 3.35. The van der Waals surface area contributed by atoms with Crippen molar-refractivity contribution in [3.63, 3.8) is 0 Å². The molecule has 0 saturated carbocycles. The Balaban J connectivity index is 2.27. The molecule has 2 aromatic rings. The SMILES string of the molecule is O=C(O)[C@H](Cc1ccccc1)N[C@H](c1ccc(Cl)cc1)P(=O)(O)O. The Morgan fingerprint density at radius 2 is 1.67 bits per heavy atom. The van der Waals surface area contributed by atoms with Gasteiger partial charge in [-0.1, -0.05) is 54.1 Å². The third-order valence-electron chi connectivity index (χ3n) is 3.46. The lowest BCUT2D eigenvalue weighted by atomic mass is 10.1. The van der Waals surface area contributed by atoms with Crippen molar-refractivity contribution in [2.24, 2.45) is 0 Å². The maximum absolute atomic E-state index is 11.8. The zero-order chi connectivity index (χ0) is 17.7. The predicted molar refractivity (Wildman–Crippen MR) is 90.9 cm³/mol. The third kappa shape index (κ3) is 5.16. The quantitative estimate of drug-likeness (QED) is 0.559. The van der Waals surface area contributed by atoms with E-state index in [1.54, 1.807) is 30.3 Å². The highest BCUT2D eigenvalue weighted by molar-refractivity contribution is 7.52. The van der Waals surface area contributed by atoms with Crippen LogP contribution in [-0.4, -0.2) is 26.9 Å². The largest absolute Gasteiger partial charge is 0.480 e. The minimum atomic E-state index is -4.63. The minimum absolute atomic E-state index is 0.0975. The number of halogens is 1. The van der Waals surface area contributed by atoms with Gasteiger partial charge in [0.15, 0.2) is 0 Å². The molecule has 4 N–H and O–H groups in total. The van der Waals surface area contributed by atoms with Crippen molar-refractivity contribution < 1.29 is 24.3 Å². The van der Waals surface area contributed by atoms with Crippen molar-refractivity contribution in [3.8, 4) is 0 Å². The standard InChI is InChI=1S/C16H17ClNO5P/c17-13-8-6-12(7-9-13)15(24(21,22)23)18-14(16(19)20)10-11-4-2-1-3-5-11/h1-9,14-15,18H,10H2,(H,19,20)(H2,21,22,23)/t14-,15-/m0/s1. The molecule has 0 spiro atoms. The highest BCUT2D eigenvalue weighted by Crippen LogP contribution is 2.50. The fraction of sp³-hybridized carbons (Fsp3) is 0.188. The Morgan fingerprint density at radius 3 is 2.17 bits per heavy atom. The van der Waals surface area contributed by atoms with Crippen LogP contribution in [0.15, 0.2) is 54.6 Å². The minimum Gasteiger partial charge on any atom is -0.480 e. The number of aliphatic carboxylic acids is 1. The van der Waals surface area contributed by atoms with Crippen LogP contribution >= 0.6 is 19.2 Å². The summed E-state index contributed by atoms with van der Waals surface area (Å²) >= 11 is 5.79. The van der Waals surface area contributed by atoms with E-state index in [1.807, 2.05) is 0 Å². The van der Waals surface area contributed by atoms with Crippen LogP contribution in [0.4, 0.5) is 0 Å². The fourth-order valence-electron chi connectivity index (χ4n) is 2.29. The van der Waals surface area contributed by atoms with Gasteiger partial charge in [-0.15, -0.1) is 0 Å². The van der Waals surface area contributed by atoms with E-state index in [1.165, 1.54) is 24.3 Å². The molecule has 0 aliphatic rings. The molecule has 0 radical (unpaired) electrons. The molecular formula is C16H17ClNO5P. The monoisotopic (exact) mass is 369 g/mol. The summed E-state index contributed by atoms with van der Waals surface area (Å²) in [5.74, 6) is -2.62. The zero-order valence-electron chi connectivity index (χ0n) is 12.5. The van der Waals surface area contributed by atoms with Gasteiger partial charge in [0.1, 0.15) is 11.8 Å². The molecule has 0 bridgehead atoms. The number of benzene rings is 2. The summed E-state index contributed by atoms with van der Waals surface area (Å²) in [4.78, 5) is 30.8. The molecule has 8 heteroatoms. The Bertz CT molecular complexity index is 732. The van der Waals surface area contributed by atoms with Gasteiger partial charge in [-0.05, 0) is 29.7 Å². The van der Waals surface area contributed by atoms with E-state index in [2.05, 4.69) is 5.32 Å². The van der Waals surface area contributed by atoms with Crippen molar-refractivity contribution in [1.82, 2.24) is 5.32 Å². The summed E-state index contributed by atoms with van der Waals surface area (Å²) in [6.07, 6.45) is 0.0975. The number of carboxylic acids is 1. The van der Waals surface area contributed by atoms with Crippen LogP contribution in [0.25, 0.3) is 0 Å². The van der Waals surface area contributed by atoms with Crippen molar-refractivity contribution in [3.05, 3.63) is 70.7 Å². The van der Waals surface area contributed by atoms with E-state index in [-0.39, 0.29) is 12.0 Å². The lowest BCUT2D eigenvalue weighted by molar-refractivity contribution is -0.139. The summed E-state index contributed by atoms with van der Waals surface area (Å²) in [6.45, 7) is 0. The first-order chi connectivity index (χ1) is 11.3. The number of carboxylic acid groups (broad SMARTS) is 1. The normalized spacial score (nSPS) is 14.1. The van der Waals surface area contributed by atoms with Crippen LogP contribution in [-0.2, 0) is 15.8 Å². The van der Waals surface area contributed by atoms with Crippen molar-refractivity contribution in [1.29, 1.82) is 0 Å². The average Bonchev–Trinajstić information content (AvgIpc) is 2.52. The van der Waals surface area contributed by atoms with E-state index in [9.17, 15) is 24.3 Å². The maximum Gasteiger partial charge on any atom is 0.346 e. The topological polar surface area (TPSA) is 107 Å². The first kappa shape index (κ1) is 18.6. The Kier molecular flexibility index (Phi) is 6.15. The van der Waals surface area contributed by atoms with Crippen LogP contribution in [0.3, 0.4) is 0 Å². The summed E-state index contributed by atoms with van der Waals surface area (Å²) in [5, 5.41) is 12.4. The van der Waals surface area contributed by atoms with Crippen molar-refractivity contribution >= 4 is 25.2 Å². The van der Waals surface area contributed by atoms with Crippen LogP contribution in [0, 0.1) is 0 Å². The first-order valence-electron chi connectivity index (χ1n) is 7.11. The number of hydrogen-bond donors (Lipinski definition) is 4. The van der Waals surface area contributed by atoms with E-state index < -0.39 is 25.4 Å². The molecule has 2 aromatic carbocycles. The highest BCUT2D eigenvalue weighted by Gasteiger charge is 2.34. The molecule has 0 aliphatic heterocycles. The van der Waals surface area contributed by atoms with Gasteiger partial charge in [0.25, 0.3) is 0 Å². The molecule has 0 aliphatic carbocycles. The number of hydrogen-bond acceptors (Lipinski definition) is 3. The molecule has 6 nitrogen and oxygen atoms in total. The van der Waals surface area contributed by atoms with Gasteiger partial charge in [-0.3, -0.25) is 14.7 Å². The molecule has 0 saturated heterocycles. The predicted octanol–water partition coefficient (Wildman–Crippen LogP) is 2.80. The highest BCUT2D eigenvalue weighted by atomic mass is 35.5. The summed E-state index contributed by atoms with van der Waals surface area (Å²) < 4.78 is 11.8. The number of carbonyl (C=O) groups is 1. The second kappa shape index (κ2) is 7.92. The summed E-state index contributed by atoms with van der Waals surface area (Å²) in [6, 6.07) is 13.6. The average molecular weight is 370 g/mol. The lowest BCUT2D eigenvalue weighted by Gasteiger charge is -2.24. The van der Waals surface area contributed by atoms with E-state index in [4.69, 9.17) is 11.6 Å². The lowest BCUT2D eigenvalue weighted by Crippen LogP contribution is -2.40. The molecule has 0 fully saturated rings. The molecule has 0 unspecified atom stereocenters. The molecule has 2 rings (SSSR count). The van der Waals surface area contributed by atoms with E-state index >= 15 is 0 Å². The van der Waals surface area contributed by atoms with Crippen LogP contribution in [0.2, 0.25) is 5.02 Å². The zero-order valence-corrected chi connectivity index (χ0v) is 14.2. The Labute approximate surface area is 144 Å². The second-order valence-corrected chi connectivity index (χ2v) is 7.42. The van der Waals surface area contributed by atoms with E-state index in [0.29, 0.717) is 5.02 Å². The van der Waals surface area contributed by atoms with Crippen LogP contribution in [0.1, 0.15) is 16.9 Å². The van der Waals surface area contributed by atoms with Crippen molar-refractivity contribution in [2.75, 3.05) is 0 Å². The Hall–Kier alpha value is -1.69. The molecule has 128 valence electrons. The van der Waals surface area contributed by atoms with Crippen molar-refractivity contribution in [2.45, 2.75) is 18.2 Å². The Morgan fingerprint density at radius 1 is 1.08 bits per heavy atom. The maximum atomic E-state index is 11.8. The second-order valence-electron chi connectivity index (χ2n) is 5.29. The van der Waals surface area contributed by atoms with Gasteiger partial charge < -0.3 is 14.9 Å². The van der Waals surface area contributed by atoms with Gasteiger partial charge >= 0.3 is 13.6 Å². The smallest absolute Gasteiger partial charge is 0.346 e. The van der Waals surface area contributed by atoms with Crippen LogP contribution < -0.4 is 5.32 Å². The molecule has 24 heavy (non-hydrogen) atoms. The van der Waals surface area contributed by atoms with Gasteiger partial charge in [0.2, 0.25) is 0 Å². The molecule has 2 atom stereocenters. The molecule has 0 aromatic heterocycles. The molecule has 0 amide bonds. The summed E-state index contributed by atoms with van der Waals surface area (Å²) in [7, 11) is -4.63. The third-order valence-corrected chi connectivity index (χ3v) is 4.83. The number of rotatable bonds is 7. The van der Waals surface area contributed by atoms with Gasteiger partial charge in [-0.2, -0.15) is 0 Å². The van der Waals surface area contributed by atoms with Gasteiger partial charge in [0.05, 0.1) is 0 Å². The van der Waals surface area contributed by atoms with E-state index in [0.717, 1.165) is 5.56 Å². The number of nitrogens with one attached hydrogen (secondary N) is 1. The molecular weight excluding hydrogens is 353 g/mol. The van der Waals surface area contributed by atoms with Gasteiger partial charge in [-0.25, -0.2) is 0 Å². The van der Waals surface area contributed by atoms with Crippen LogP contribution in [0.5, 0.6) is 0 Å². The molecule has 0 heterocycles. The summed E-state index contributed by atoms with van der Waals surface area (Å²) in [5.41, 5.74) is 1.02. The van der Waals surface area contributed by atoms with Gasteiger partial charge in [0, 0.05) is 5.02 Å².